The molecule has 3 nitrogen and oxygen atoms in total. The van der Waals surface area contributed by atoms with E-state index in [0.29, 0.717) is 12.8 Å². The third kappa shape index (κ3) is 2.19. The minimum Gasteiger partial charge on any atom is -0.383 e. The van der Waals surface area contributed by atoms with Crippen LogP contribution in [0.1, 0.15) is 19.3 Å². The maximum atomic E-state index is 11.2. The molecule has 0 unspecified atom stereocenters. The molecule has 0 aliphatic heterocycles. The van der Waals surface area contributed by atoms with Gasteiger partial charge in [0.15, 0.2) is 5.78 Å². The van der Waals surface area contributed by atoms with Gasteiger partial charge < -0.3 is 4.90 Å². The van der Waals surface area contributed by atoms with Crippen molar-refractivity contribution in [2.45, 2.75) is 19.3 Å². The molecule has 1 rings (SSSR count). The van der Waals surface area contributed by atoms with Crippen LogP contribution in [-0.2, 0) is 9.59 Å². The number of hydrogen-bond acceptors (Lipinski definition) is 3. The molecule has 0 saturated heterocycles. The van der Waals surface area contributed by atoms with E-state index in [2.05, 4.69) is 0 Å². The van der Waals surface area contributed by atoms with E-state index in [0.717, 1.165) is 5.57 Å². The number of allylic oxidation sites excluding steroid dienone is 1. The lowest BCUT2D eigenvalue weighted by atomic mass is 9.93. The van der Waals surface area contributed by atoms with E-state index in [1.54, 1.807) is 6.20 Å². The molecule has 0 N–H and O–H groups in total. The zero-order valence-corrected chi connectivity index (χ0v) is 7.46. The molecule has 0 radical (unpaired) electrons. The fraction of sp³-hybridized carbons (Fsp3) is 0.556. The van der Waals surface area contributed by atoms with E-state index in [9.17, 15) is 9.59 Å². The summed E-state index contributed by atoms with van der Waals surface area (Å²) in [5, 5.41) is 0. The van der Waals surface area contributed by atoms with Crippen LogP contribution < -0.4 is 0 Å². The second-order valence-electron chi connectivity index (χ2n) is 3.26. The van der Waals surface area contributed by atoms with E-state index in [1.807, 2.05) is 19.0 Å². The first-order valence-electron chi connectivity index (χ1n) is 4.01. The van der Waals surface area contributed by atoms with Gasteiger partial charge in [-0.15, -0.1) is 0 Å². The number of ketones is 2. The molecule has 0 aromatic carbocycles. The van der Waals surface area contributed by atoms with Crippen molar-refractivity contribution < 1.29 is 9.59 Å². The molecule has 0 spiro atoms. The smallest absolute Gasteiger partial charge is 0.167 e. The van der Waals surface area contributed by atoms with Crippen molar-refractivity contribution in [1.29, 1.82) is 0 Å². The van der Waals surface area contributed by atoms with Gasteiger partial charge in [-0.25, -0.2) is 0 Å². The normalized spacial score (nSPS) is 21.7. The minimum absolute atomic E-state index is 0.0139. The average Bonchev–Trinajstić information content (AvgIpc) is 1.94. The third-order valence-electron chi connectivity index (χ3n) is 1.80. The molecule has 0 amide bonds. The van der Waals surface area contributed by atoms with Gasteiger partial charge in [0, 0.05) is 32.3 Å². The summed E-state index contributed by atoms with van der Waals surface area (Å²) in [6.07, 6.45) is 3.02. The molecule has 0 heterocycles. The highest BCUT2D eigenvalue weighted by molar-refractivity contribution is 6.10. The van der Waals surface area contributed by atoms with E-state index in [1.165, 1.54) is 0 Å². The summed E-state index contributed by atoms with van der Waals surface area (Å²) in [6, 6.07) is 0. The Morgan fingerprint density at radius 1 is 1.25 bits per heavy atom. The molecule has 66 valence electrons. The van der Waals surface area contributed by atoms with Crippen molar-refractivity contribution in [3.63, 3.8) is 0 Å². The Labute approximate surface area is 72.0 Å². The SMILES string of the molecule is CN(C)C=C1CCC(=O)CC1=O. The van der Waals surface area contributed by atoms with Gasteiger partial charge in [-0.1, -0.05) is 0 Å². The van der Waals surface area contributed by atoms with Crippen molar-refractivity contribution in [2.75, 3.05) is 14.1 Å². The van der Waals surface area contributed by atoms with Gasteiger partial charge in [0.1, 0.15) is 5.78 Å². The summed E-state index contributed by atoms with van der Waals surface area (Å²) in [6.45, 7) is 0. The van der Waals surface area contributed by atoms with Gasteiger partial charge in [-0.05, 0) is 6.42 Å². The monoisotopic (exact) mass is 167 g/mol. The first kappa shape index (κ1) is 8.97. The molecule has 0 aromatic rings. The summed E-state index contributed by atoms with van der Waals surface area (Å²) in [5.74, 6) is 0.0517. The van der Waals surface area contributed by atoms with E-state index in [-0.39, 0.29) is 18.0 Å². The van der Waals surface area contributed by atoms with Gasteiger partial charge in [0.2, 0.25) is 0 Å². The van der Waals surface area contributed by atoms with Crippen LogP contribution in [0.5, 0.6) is 0 Å². The third-order valence-corrected chi connectivity index (χ3v) is 1.80. The largest absolute Gasteiger partial charge is 0.383 e. The summed E-state index contributed by atoms with van der Waals surface area (Å²) in [4.78, 5) is 23.9. The van der Waals surface area contributed by atoms with Crippen LogP contribution >= 0.6 is 0 Å². The molecule has 3 heteroatoms. The number of Topliss-reactive ketones (excluding diaryl/α,β-unsaturated/α-hetero) is 2. The molecule has 1 aliphatic carbocycles. The maximum absolute atomic E-state index is 11.2. The summed E-state index contributed by atoms with van der Waals surface area (Å²) in [5.41, 5.74) is 0.777. The zero-order chi connectivity index (χ0) is 9.14. The lowest BCUT2D eigenvalue weighted by Gasteiger charge is -2.14. The van der Waals surface area contributed by atoms with Crippen molar-refractivity contribution in [3.05, 3.63) is 11.8 Å². The van der Waals surface area contributed by atoms with Crippen molar-refractivity contribution in [3.8, 4) is 0 Å². The Kier molecular flexibility index (Phi) is 2.63. The van der Waals surface area contributed by atoms with Gasteiger partial charge in [-0.3, -0.25) is 9.59 Å². The van der Waals surface area contributed by atoms with Crippen LogP contribution in [0.4, 0.5) is 0 Å². The molecule has 1 saturated carbocycles. The summed E-state index contributed by atoms with van der Waals surface area (Å²) >= 11 is 0. The standard InChI is InChI=1S/C9H13NO2/c1-10(2)6-7-3-4-8(11)5-9(7)12/h6H,3-5H2,1-2H3. The fourth-order valence-electron chi connectivity index (χ4n) is 1.24. The van der Waals surface area contributed by atoms with Crippen molar-refractivity contribution in [1.82, 2.24) is 4.90 Å². The number of hydrogen-bond donors (Lipinski definition) is 0. The highest BCUT2D eigenvalue weighted by atomic mass is 16.1. The summed E-state index contributed by atoms with van der Waals surface area (Å²) in [7, 11) is 3.74. The second-order valence-corrected chi connectivity index (χ2v) is 3.26. The maximum Gasteiger partial charge on any atom is 0.167 e. The van der Waals surface area contributed by atoms with Crippen molar-refractivity contribution in [2.24, 2.45) is 0 Å². The first-order chi connectivity index (χ1) is 5.59. The molecule has 0 bridgehead atoms. The lowest BCUT2D eigenvalue weighted by Crippen LogP contribution is -2.19. The molecular formula is C9H13NO2. The van der Waals surface area contributed by atoms with Gasteiger partial charge in [0.25, 0.3) is 0 Å². The van der Waals surface area contributed by atoms with Crippen LogP contribution in [-0.4, -0.2) is 30.6 Å². The Balaban J connectivity index is 2.68. The molecule has 0 aromatic heterocycles. The van der Waals surface area contributed by atoms with Crippen LogP contribution in [0.15, 0.2) is 11.8 Å². The molecule has 1 aliphatic rings. The Bertz CT molecular complexity index is 241. The molecule has 12 heavy (non-hydrogen) atoms. The first-order valence-corrected chi connectivity index (χ1v) is 4.01. The molecule has 0 atom stereocenters. The number of carbonyl (C=O) groups is 2. The average molecular weight is 167 g/mol. The van der Waals surface area contributed by atoms with Gasteiger partial charge in [0.05, 0.1) is 6.42 Å². The number of rotatable bonds is 1. The Morgan fingerprint density at radius 2 is 1.92 bits per heavy atom. The Morgan fingerprint density at radius 3 is 2.42 bits per heavy atom. The van der Waals surface area contributed by atoms with E-state index in [4.69, 9.17) is 0 Å². The quantitative estimate of drug-likeness (QED) is 0.427. The second kappa shape index (κ2) is 3.52. The highest BCUT2D eigenvalue weighted by Crippen LogP contribution is 2.17. The van der Waals surface area contributed by atoms with E-state index < -0.39 is 0 Å². The fourth-order valence-corrected chi connectivity index (χ4v) is 1.24. The van der Waals surface area contributed by atoms with Crippen LogP contribution in [0, 0.1) is 0 Å². The highest BCUT2D eigenvalue weighted by Gasteiger charge is 2.20. The zero-order valence-electron chi connectivity index (χ0n) is 7.46. The number of carbonyl (C=O) groups excluding carboxylic acids is 2. The van der Waals surface area contributed by atoms with Gasteiger partial charge >= 0.3 is 0 Å². The Hall–Kier alpha value is -1.12. The minimum atomic E-state index is -0.0139. The summed E-state index contributed by atoms with van der Waals surface area (Å²) < 4.78 is 0. The lowest BCUT2D eigenvalue weighted by molar-refractivity contribution is -0.126. The topological polar surface area (TPSA) is 37.4 Å². The molecule has 1 fully saturated rings. The van der Waals surface area contributed by atoms with Crippen molar-refractivity contribution >= 4 is 11.6 Å². The molecular weight excluding hydrogens is 154 g/mol. The predicted molar refractivity (Wildman–Crippen MR) is 45.6 cm³/mol. The van der Waals surface area contributed by atoms with E-state index >= 15 is 0 Å². The number of nitrogens with zero attached hydrogens (tertiary/aromatic N) is 1. The van der Waals surface area contributed by atoms with Gasteiger partial charge in [-0.2, -0.15) is 0 Å². The van der Waals surface area contributed by atoms with Crippen LogP contribution in [0.2, 0.25) is 0 Å². The van der Waals surface area contributed by atoms with Crippen LogP contribution in [0.3, 0.4) is 0 Å². The van der Waals surface area contributed by atoms with Crippen LogP contribution in [0.25, 0.3) is 0 Å². The predicted octanol–water partition coefficient (Wildman–Crippen LogP) is 0.754.